The van der Waals surface area contributed by atoms with Crippen molar-refractivity contribution >= 4 is 40.2 Å². The topological polar surface area (TPSA) is 137 Å². The van der Waals surface area contributed by atoms with Gasteiger partial charge < -0.3 is 15.4 Å². The summed E-state index contributed by atoms with van der Waals surface area (Å²) in [5.74, 6) is 1.39. The number of rotatable bonds is 13. The number of nitrogens with one attached hydrogen (secondary N) is 2. The maximum Gasteiger partial charge on any atom is 0.269 e. The van der Waals surface area contributed by atoms with Gasteiger partial charge in [0.1, 0.15) is 5.82 Å². The van der Waals surface area contributed by atoms with Crippen molar-refractivity contribution in [3.8, 4) is 0 Å². The van der Waals surface area contributed by atoms with Gasteiger partial charge >= 0.3 is 0 Å². The average molecular weight is 474 g/mol. The third-order valence-corrected chi connectivity index (χ3v) is 5.38. The summed E-state index contributed by atoms with van der Waals surface area (Å²) in [5.41, 5.74) is 1.41. The molecule has 1 amide bonds. The molecule has 0 atom stereocenters. The van der Waals surface area contributed by atoms with E-state index in [-0.39, 0.29) is 18.0 Å². The van der Waals surface area contributed by atoms with Gasteiger partial charge in [0, 0.05) is 31.8 Å². The van der Waals surface area contributed by atoms with Gasteiger partial charge in [0.2, 0.25) is 5.91 Å². The number of carbonyl (C=O) groups is 1. The highest BCUT2D eigenvalue weighted by atomic mass is 32.2. The van der Waals surface area contributed by atoms with Crippen LogP contribution in [0.15, 0.2) is 35.6 Å². The van der Waals surface area contributed by atoms with E-state index in [1.807, 2.05) is 13.8 Å². The van der Waals surface area contributed by atoms with Gasteiger partial charge in [0.25, 0.3) is 5.69 Å². The number of non-ortho nitro benzene ring substituents is 1. The highest BCUT2D eigenvalue weighted by molar-refractivity contribution is 7.99. The fourth-order valence-corrected chi connectivity index (χ4v) is 3.66. The number of hydrogen-bond acceptors (Lipinski definition) is 9. The van der Waals surface area contributed by atoms with Gasteiger partial charge in [-0.05, 0) is 18.2 Å². The lowest BCUT2D eigenvalue weighted by atomic mass is 10.1. The smallest absolute Gasteiger partial charge is 0.269 e. The van der Waals surface area contributed by atoms with E-state index in [9.17, 15) is 14.9 Å². The van der Waals surface area contributed by atoms with Crippen LogP contribution >= 0.6 is 11.8 Å². The molecule has 0 radical (unpaired) electrons. The van der Waals surface area contributed by atoms with Crippen LogP contribution in [0, 0.1) is 10.1 Å². The van der Waals surface area contributed by atoms with E-state index >= 15 is 0 Å². The van der Waals surface area contributed by atoms with Crippen LogP contribution in [0.1, 0.15) is 19.4 Å². The second-order valence-corrected chi connectivity index (χ2v) is 8.20. The SMILES string of the molecule is CCOCCNc1nc(SCC)nc2c1cnn2CCNC(=O)Cc1ccc([N+](=O)[O-])cc1. The van der Waals surface area contributed by atoms with Gasteiger partial charge in [-0.1, -0.05) is 30.8 Å². The zero-order valence-electron chi connectivity index (χ0n) is 18.6. The zero-order valence-corrected chi connectivity index (χ0v) is 19.4. The van der Waals surface area contributed by atoms with Crippen molar-refractivity contribution in [2.45, 2.75) is 32.0 Å². The minimum absolute atomic E-state index is 0.000868. The maximum absolute atomic E-state index is 12.3. The van der Waals surface area contributed by atoms with Crippen molar-refractivity contribution in [2.75, 3.05) is 37.4 Å². The Kier molecular flexibility index (Phi) is 8.95. The largest absolute Gasteiger partial charge is 0.380 e. The number of hydrogen-bond donors (Lipinski definition) is 2. The summed E-state index contributed by atoms with van der Waals surface area (Å²) in [7, 11) is 0. The molecule has 0 bridgehead atoms. The molecule has 0 aliphatic rings. The van der Waals surface area contributed by atoms with Gasteiger partial charge in [0.15, 0.2) is 10.8 Å². The summed E-state index contributed by atoms with van der Waals surface area (Å²) >= 11 is 1.55. The predicted octanol–water partition coefficient (Wildman–Crippen LogP) is 2.65. The average Bonchev–Trinajstić information content (AvgIpc) is 3.20. The number of ether oxygens (including phenoxy) is 1. The first-order chi connectivity index (χ1) is 16.0. The normalized spacial score (nSPS) is 11.0. The Labute approximate surface area is 195 Å². The van der Waals surface area contributed by atoms with E-state index in [4.69, 9.17) is 4.74 Å². The number of amides is 1. The molecule has 12 heteroatoms. The molecule has 2 heterocycles. The lowest BCUT2D eigenvalue weighted by Crippen LogP contribution is -2.28. The van der Waals surface area contributed by atoms with Crippen LogP contribution in [0.3, 0.4) is 0 Å². The zero-order chi connectivity index (χ0) is 23.6. The summed E-state index contributed by atoms with van der Waals surface area (Å²) in [5, 5.41) is 22.8. The van der Waals surface area contributed by atoms with E-state index in [1.165, 1.54) is 12.1 Å². The number of anilines is 1. The number of carbonyl (C=O) groups excluding carboxylic acids is 1. The van der Waals surface area contributed by atoms with Crippen molar-refractivity contribution in [1.29, 1.82) is 0 Å². The van der Waals surface area contributed by atoms with Crippen LogP contribution in [-0.2, 0) is 22.5 Å². The van der Waals surface area contributed by atoms with E-state index in [1.54, 1.807) is 34.8 Å². The van der Waals surface area contributed by atoms with Crippen LogP contribution in [0.25, 0.3) is 11.0 Å². The van der Waals surface area contributed by atoms with Gasteiger partial charge in [-0.15, -0.1) is 0 Å². The minimum atomic E-state index is -0.466. The number of nitro benzene ring substituents is 1. The molecule has 11 nitrogen and oxygen atoms in total. The van der Waals surface area contributed by atoms with Crippen LogP contribution in [0.4, 0.5) is 11.5 Å². The molecule has 3 aromatic rings. The fraction of sp³-hybridized carbons (Fsp3) is 0.429. The number of aromatic nitrogens is 4. The molecule has 2 aromatic heterocycles. The van der Waals surface area contributed by atoms with Crippen molar-refractivity contribution in [1.82, 2.24) is 25.1 Å². The Balaban J connectivity index is 1.61. The number of benzene rings is 1. The van der Waals surface area contributed by atoms with Crippen LogP contribution in [-0.4, -0.2) is 62.6 Å². The molecule has 0 spiro atoms. The van der Waals surface area contributed by atoms with Crippen molar-refractivity contribution in [3.05, 3.63) is 46.1 Å². The summed E-state index contributed by atoms with van der Waals surface area (Å²) in [6.07, 6.45) is 1.86. The van der Waals surface area contributed by atoms with Gasteiger partial charge in [-0.3, -0.25) is 14.9 Å². The summed E-state index contributed by atoms with van der Waals surface area (Å²) < 4.78 is 7.13. The maximum atomic E-state index is 12.3. The Bertz CT molecular complexity index is 1090. The summed E-state index contributed by atoms with van der Waals surface area (Å²) in [6.45, 7) is 6.67. The molecular weight excluding hydrogens is 446 g/mol. The molecule has 0 unspecified atom stereocenters. The molecule has 0 aliphatic heterocycles. The van der Waals surface area contributed by atoms with Crippen molar-refractivity contribution < 1.29 is 14.5 Å². The van der Waals surface area contributed by atoms with Crippen LogP contribution < -0.4 is 10.6 Å². The molecular formula is C21H27N7O4S. The van der Waals surface area contributed by atoms with Gasteiger partial charge in [-0.2, -0.15) is 5.10 Å². The predicted molar refractivity (Wildman–Crippen MR) is 127 cm³/mol. The van der Waals surface area contributed by atoms with Crippen LogP contribution in [0.2, 0.25) is 0 Å². The molecule has 0 saturated heterocycles. The van der Waals surface area contributed by atoms with E-state index in [2.05, 4.69) is 25.7 Å². The Morgan fingerprint density at radius 2 is 2.00 bits per heavy atom. The van der Waals surface area contributed by atoms with Crippen molar-refractivity contribution in [2.24, 2.45) is 0 Å². The summed E-state index contributed by atoms with van der Waals surface area (Å²) in [4.78, 5) is 31.8. The van der Waals surface area contributed by atoms with E-state index < -0.39 is 4.92 Å². The highest BCUT2D eigenvalue weighted by Crippen LogP contribution is 2.24. The van der Waals surface area contributed by atoms with Crippen LogP contribution in [0.5, 0.6) is 0 Å². The molecule has 33 heavy (non-hydrogen) atoms. The first-order valence-electron chi connectivity index (χ1n) is 10.7. The Morgan fingerprint density at radius 1 is 1.21 bits per heavy atom. The van der Waals surface area contributed by atoms with Gasteiger partial charge in [0.05, 0.1) is 36.1 Å². The first kappa shape index (κ1) is 24.4. The minimum Gasteiger partial charge on any atom is -0.380 e. The second-order valence-electron chi connectivity index (χ2n) is 6.97. The lowest BCUT2D eigenvalue weighted by molar-refractivity contribution is -0.384. The molecule has 0 aliphatic carbocycles. The lowest BCUT2D eigenvalue weighted by Gasteiger charge is -2.10. The first-order valence-corrected chi connectivity index (χ1v) is 11.7. The third kappa shape index (κ3) is 6.86. The molecule has 2 N–H and O–H groups in total. The second kappa shape index (κ2) is 12.1. The molecule has 176 valence electrons. The molecule has 0 saturated carbocycles. The molecule has 3 rings (SSSR count). The number of nitrogens with zero attached hydrogens (tertiary/aromatic N) is 5. The van der Waals surface area contributed by atoms with E-state index in [0.29, 0.717) is 55.0 Å². The Hall–Kier alpha value is -3.25. The number of thioether (sulfide) groups is 1. The monoisotopic (exact) mass is 473 g/mol. The van der Waals surface area contributed by atoms with Crippen molar-refractivity contribution in [3.63, 3.8) is 0 Å². The van der Waals surface area contributed by atoms with E-state index in [0.717, 1.165) is 11.1 Å². The summed E-state index contributed by atoms with van der Waals surface area (Å²) in [6, 6.07) is 5.96. The molecule has 0 fully saturated rings. The third-order valence-electron chi connectivity index (χ3n) is 4.65. The molecule has 1 aromatic carbocycles. The Morgan fingerprint density at radius 3 is 2.70 bits per heavy atom. The number of fused-ring (bicyclic) bond motifs is 1. The standard InChI is InChI=1S/C21H27N7O4S/c1-3-32-12-10-23-19-17-14-24-27(20(17)26-21(25-19)33-4-2)11-9-22-18(29)13-15-5-7-16(8-6-15)28(30)31/h5-8,14H,3-4,9-13H2,1-2H3,(H,22,29)(H,23,25,26). The number of nitro groups is 1. The quantitative estimate of drug-likeness (QED) is 0.126. The van der Waals surface area contributed by atoms with Gasteiger partial charge in [-0.25, -0.2) is 14.6 Å². The fourth-order valence-electron chi connectivity index (χ4n) is 3.10. The highest BCUT2D eigenvalue weighted by Gasteiger charge is 2.14.